The Morgan fingerprint density at radius 3 is 2.60 bits per heavy atom. The Bertz CT molecular complexity index is 960. The van der Waals surface area contributed by atoms with Crippen molar-refractivity contribution in [2.75, 3.05) is 0 Å². The molecule has 0 spiro atoms. The number of imidazole rings is 1. The summed E-state index contributed by atoms with van der Waals surface area (Å²) in [7, 11) is 3.64. The van der Waals surface area contributed by atoms with Gasteiger partial charge in [-0.2, -0.15) is 0 Å². The number of hydrogen-bond acceptors (Lipinski definition) is 3. The highest BCUT2D eigenvalue weighted by molar-refractivity contribution is 8.76. The van der Waals surface area contributed by atoms with E-state index in [1.165, 1.54) is 16.2 Å². The minimum absolute atomic E-state index is 0.859. The predicted octanol–water partition coefficient (Wildman–Crippen LogP) is 5.09. The Morgan fingerprint density at radius 1 is 0.960 bits per heavy atom. The van der Waals surface area contributed by atoms with E-state index in [0.717, 1.165) is 22.7 Å². The molecule has 0 unspecified atom stereocenters. The highest BCUT2D eigenvalue weighted by atomic mass is 33.1. The van der Waals surface area contributed by atoms with Crippen molar-refractivity contribution in [3.8, 4) is 5.95 Å². The van der Waals surface area contributed by atoms with Crippen LogP contribution in [0.4, 0.5) is 0 Å². The zero-order valence-electron chi connectivity index (χ0n) is 13.8. The largest absolute Gasteiger partial charge is 0.402 e. The summed E-state index contributed by atoms with van der Waals surface area (Å²) in [5.41, 5.74) is 4.55. The lowest BCUT2D eigenvalue weighted by molar-refractivity contribution is -0.610. The molecule has 2 aromatic carbocycles. The van der Waals surface area contributed by atoms with Crippen molar-refractivity contribution in [3.05, 3.63) is 84.2 Å². The van der Waals surface area contributed by atoms with Crippen LogP contribution < -0.4 is 4.57 Å². The summed E-state index contributed by atoms with van der Waals surface area (Å²) >= 11 is 0. The molecule has 0 radical (unpaired) electrons. The SMILES string of the molecule is Cc1ccc(SSCc2cccc[n+]2-c2nc3ccccc3[nH]2)cc1. The maximum atomic E-state index is 4.71. The molecule has 5 heteroatoms. The Balaban J connectivity index is 1.53. The van der Waals surface area contributed by atoms with Crippen LogP contribution in [0.15, 0.2) is 77.8 Å². The van der Waals surface area contributed by atoms with E-state index in [1.807, 2.05) is 35.1 Å². The van der Waals surface area contributed by atoms with Crippen molar-refractivity contribution in [1.82, 2.24) is 9.97 Å². The van der Waals surface area contributed by atoms with E-state index in [9.17, 15) is 0 Å². The first kappa shape index (κ1) is 16.2. The second kappa shape index (κ2) is 7.33. The van der Waals surface area contributed by atoms with Gasteiger partial charge in [-0.3, -0.25) is 0 Å². The van der Waals surface area contributed by atoms with E-state index in [4.69, 9.17) is 4.98 Å². The van der Waals surface area contributed by atoms with Crippen molar-refractivity contribution in [2.45, 2.75) is 17.6 Å². The number of para-hydroxylation sites is 2. The summed E-state index contributed by atoms with van der Waals surface area (Å²) in [5, 5.41) is 0. The van der Waals surface area contributed by atoms with Gasteiger partial charge in [-0.15, -0.1) is 0 Å². The smallest absolute Gasteiger partial charge is 0.238 e. The quantitative estimate of drug-likeness (QED) is 0.395. The summed E-state index contributed by atoms with van der Waals surface area (Å²) in [6.45, 7) is 2.11. The summed E-state index contributed by atoms with van der Waals surface area (Å²) in [4.78, 5) is 9.39. The van der Waals surface area contributed by atoms with Gasteiger partial charge in [-0.1, -0.05) is 62.5 Å². The zero-order chi connectivity index (χ0) is 17.1. The molecule has 3 nitrogen and oxygen atoms in total. The fourth-order valence-corrected chi connectivity index (χ4v) is 4.69. The summed E-state index contributed by atoms with van der Waals surface area (Å²) < 4.78 is 2.13. The van der Waals surface area contributed by atoms with Gasteiger partial charge in [0.1, 0.15) is 5.52 Å². The third-order valence-electron chi connectivity index (χ3n) is 3.93. The number of aryl methyl sites for hydroxylation is 1. The molecule has 25 heavy (non-hydrogen) atoms. The summed E-state index contributed by atoms with van der Waals surface area (Å²) in [6.07, 6.45) is 2.06. The maximum absolute atomic E-state index is 4.71. The molecule has 0 atom stereocenters. The number of aromatic nitrogens is 3. The second-order valence-electron chi connectivity index (χ2n) is 5.80. The highest BCUT2D eigenvalue weighted by Gasteiger charge is 2.16. The number of fused-ring (bicyclic) bond motifs is 1. The van der Waals surface area contributed by atoms with Gasteiger partial charge in [-0.05, 0) is 43.3 Å². The Morgan fingerprint density at radius 2 is 1.76 bits per heavy atom. The molecule has 0 fully saturated rings. The first-order valence-corrected chi connectivity index (χ1v) is 10.4. The van der Waals surface area contributed by atoms with E-state index in [-0.39, 0.29) is 0 Å². The first-order chi connectivity index (χ1) is 12.3. The van der Waals surface area contributed by atoms with Gasteiger partial charge < -0.3 is 0 Å². The third kappa shape index (κ3) is 3.72. The molecular formula is C20H18N3S2+. The van der Waals surface area contributed by atoms with Crippen LogP contribution in [-0.4, -0.2) is 9.97 Å². The van der Waals surface area contributed by atoms with Crippen LogP contribution in [0, 0.1) is 6.92 Å². The molecule has 0 amide bonds. The van der Waals surface area contributed by atoms with Gasteiger partial charge in [0.15, 0.2) is 5.52 Å². The van der Waals surface area contributed by atoms with E-state index in [0.29, 0.717) is 0 Å². The summed E-state index contributed by atoms with van der Waals surface area (Å²) in [6, 6.07) is 23.0. The summed E-state index contributed by atoms with van der Waals surface area (Å²) in [5.74, 6) is 1.76. The second-order valence-corrected chi connectivity index (χ2v) is 8.17. The number of H-pyrrole nitrogens is 1. The first-order valence-electron chi connectivity index (χ1n) is 8.10. The lowest BCUT2D eigenvalue weighted by Crippen LogP contribution is -2.36. The van der Waals surface area contributed by atoms with Gasteiger partial charge in [-0.25, -0.2) is 9.55 Å². The van der Waals surface area contributed by atoms with E-state index in [2.05, 4.69) is 65.1 Å². The van der Waals surface area contributed by atoms with Crippen molar-refractivity contribution in [1.29, 1.82) is 0 Å². The molecule has 2 heterocycles. The van der Waals surface area contributed by atoms with Gasteiger partial charge in [0, 0.05) is 4.90 Å². The molecule has 1 N–H and O–H groups in total. The van der Waals surface area contributed by atoms with Crippen LogP contribution in [0.5, 0.6) is 0 Å². The molecule has 0 aliphatic heterocycles. The average molecular weight is 365 g/mol. The normalized spacial score (nSPS) is 11.1. The molecule has 0 aliphatic rings. The lowest BCUT2D eigenvalue weighted by atomic mass is 10.2. The molecule has 124 valence electrons. The van der Waals surface area contributed by atoms with Gasteiger partial charge in [0.2, 0.25) is 0 Å². The Hall–Kier alpha value is -2.24. The number of nitrogens with one attached hydrogen (secondary N) is 1. The van der Waals surface area contributed by atoms with E-state index in [1.54, 1.807) is 10.8 Å². The van der Waals surface area contributed by atoms with Crippen molar-refractivity contribution in [2.24, 2.45) is 0 Å². The monoisotopic (exact) mass is 364 g/mol. The van der Waals surface area contributed by atoms with Crippen LogP contribution in [0.3, 0.4) is 0 Å². The van der Waals surface area contributed by atoms with Crippen molar-refractivity contribution in [3.63, 3.8) is 0 Å². The predicted molar refractivity (Wildman–Crippen MR) is 106 cm³/mol. The van der Waals surface area contributed by atoms with Crippen LogP contribution in [0.2, 0.25) is 0 Å². The number of hydrogen-bond donors (Lipinski definition) is 1. The average Bonchev–Trinajstić information content (AvgIpc) is 3.08. The van der Waals surface area contributed by atoms with Gasteiger partial charge in [0.05, 0.1) is 17.6 Å². The molecule has 2 aromatic heterocycles. The fraction of sp³-hybridized carbons (Fsp3) is 0.100. The number of benzene rings is 2. The van der Waals surface area contributed by atoms with Crippen LogP contribution in [-0.2, 0) is 5.75 Å². The van der Waals surface area contributed by atoms with Crippen molar-refractivity contribution < 1.29 is 4.57 Å². The molecule has 4 aromatic rings. The fourth-order valence-electron chi connectivity index (χ4n) is 2.61. The maximum Gasteiger partial charge on any atom is 0.402 e. The molecule has 0 saturated carbocycles. The number of pyridine rings is 1. The Kier molecular flexibility index (Phi) is 4.76. The minimum atomic E-state index is 0.859. The standard InChI is InChI=1S/C20H18N3S2/c1-15-9-11-17(12-10-15)25-24-14-16-6-4-5-13-23(16)20-21-18-7-2-3-8-19(18)22-20/h2-13H,14H2,1H3,(H,21,22)/q+1. The molecule has 0 bridgehead atoms. The number of rotatable bonds is 5. The van der Waals surface area contributed by atoms with E-state index >= 15 is 0 Å². The Labute approximate surface area is 154 Å². The van der Waals surface area contributed by atoms with Gasteiger partial charge >= 0.3 is 5.95 Å². The minimum Gasteiger partial charge on any atom is -0.238 e. The molecule has 4 rings (SSSR count). The van der Waals surface area contributed by atoms with Crippen LogP contribution in [0.1, 0.15) is 11.3 Å². The van der Waals surface area contributed by atoms with Crippen molar-refractivity contribution >= 4 is 32.6 Å². The topological polar surface area (TPSA) is 32.6 Å². The highest BCUT2D eigenvalue weighted by Crippen LogP contribution is 2.33. The molecule has 0 aliphatic carbocycles. The lowest BCUT2D eigenvalue weighted by Gasteiger charge is -2.05. The van der Waals surface area contributed by atoms with E-state index < -0.39 is 0 Å². The van der Waals surface area contributed by atoms with Gasteiger partial charge in [0.25, 0.3) is 0 Å². The number of nitrogens with zero attached hydrogens (tertiary/aromatic N) is 2. The van der Waals surface area contributed by atoms with Crippen LogP contribution in [0.25, 0.3) is 17.0 Å². The third-order valence-corrected chi connectivity index (χ3v) is 6.21. The van der Waals surface area contributed by atoms with Crippen LogP contribution >= 0.6 is 21.6 Å². The molecule has 0 saturated heterocycles. The number of aromatic amines is 1. The molecular weight excluding hydrogens is 346 g/mol. The zero-order valence-corrected chi connectivity index (χ0v) is 15.5.